The van der Waals surface area contributed by atoms with Crippen LogP contribution in [0.3, 0.4) is 0 Å². The van der Waals surface area contributed by atoms with Gasteiger partial charge in [-0.25, -0.2) is 9.18 Å². The second-order valence-electron chi connectivity index (χ2n) is 5.59. The highest BCUT2D eigenvalue weighted by molar-refractivity contribution is 6.32. The predicted molar refractivity (Wildman–Crippen MR) is 86.9 cm³/mol. The topological polar surface area (TPSA) is 98.5 Å². The molecular weight excluding hydrogens is 339 g/mol. The van der Waals surface area contributed by atoms with Gasteiger partial charge in [0.05, 0.1) is 13.2 Å². The van der Waals surface area contributed by atoms with Gasteiger partial charge in [0.1, 0.15) is 16.6 Å². The van der Waals surface area contributed by atoms with E-state index in [2.05, 4.69) is 10.0 Å². The van der Waals surface area contributed by atoms with Crippen molar-refractivity contribution >= 4 is 17.7 Å². The van der Waals surface area contributed by atoms with Crippen LogP contribution >= 0.6 is 11.6 Å². The summed E-state index contributed by atoms with van der Waals surface area (Å²) in [4.78, 5) is 15.0. The van der Waals surface area contributed by atoms with Crippen LogP contribution in [0.15, 0.2) is 17.2 Å². The van der Waals surface area contributed by atoms with Crippen LogP contribution in [0.2, 0.25) is 5.02 Å². The summed E-state index contributed by atoms with van der Waals surface area (Å²) in [5, 5.41) is 12.3. The van der Waals surface area contributed by atoms with Crippen LogP contribution in [0.1, 0.15) is 18.4 Å². The standard InChI is InChI=1S/C15H18ClFN4O3/c16-13-12(24-7-5-19-20-18)4-3-11(14(13)17)8-10-2-1-6-21(9-10)15(22)23/h3-4,10H,1-2,5-9H2,(H,22,23). The Morgan fingerprint density at radius 1 is 1.58 bits per heavy atom. The molecule has 1 aromatic rings. The molecule has 130 valence electrons. The van der Waals surface area contributed by atoms with E-state index in [1.807, 2.05) is 0 Å². The second kappa shape index (κ2) is 8.61. The highest BCUT2D eigenvalue weighted by Crippen LogP contribution is 2.32. The average Bonchev–Trinajstić information content (AvgIpc) is 2.58. The van der Waals surface area contributed by atoms with Crippen molar-refractivity contribution in [3.8, 4) is 5.75 Å². The number of hydrogen-bond acceptors (Lipinski definition) is 3. The van der Waals surface area contributed by atoms with E-state index in [9.17, 15) is 9.18 Å². The highest BCUT2D eigenvalue weighted by Gasteiger charge is 2.25. The number of likely N-dealkylation sites (tertiary alicyclic amines) is 1. The molecule has 24 heavy (non-hydrogen) atoms. The van der Waals surface area contributed by atoms with Gasteiger partial charge >= 0.3 is 6.09 Å². The molecule has 1 fully saturated rings. The molecule has 1 aliphatic heterocycles. The molecule has 1 aliphatic rings. The Hall–Kier alpha value is -2.18. The molecular formula is C15H18ClFN4O3. The van der Waals surface area contributed by atoms with Crippen molar-refractivity contribution < 1.29 is 19.0 Å². The number of nitrogens with zero attached hydrogens (tertiary/aromatic N) is 4. The van der Waals surface area contributed by atoms with Gasteiger partial charge in [-0.2, -0.15) is 0 Å². The molecule has 7 nitrogen and oxygen atoms in total. The summed E-state index contributed by atoms with van der Waals surface area (Å²) >= 11 is 6.00. The predicted octanol–water partition coefficient (Wildman–Crippen LogP) is 4.10. The summed E-state index contributed by atoms with van der Waals surface area (Å²) < 4.78 is 19.7. The number of hydrogen-bond donors (Lipinski definition) is 1. The Bertz CT molecular complexity index is 652. The maximum Gasteiger partial charge on any atom is 0.407 e. The minimum absolute atomic E-state index is 0.0668. The lowest BCUT2D eigenvalue weighted by atomic mass is 9.91. The molecule has 0 radical (unpaired) electrons. The van der Waals surface area contributed by atoms with Crippen molar-refractivity contribution in [2.75, 3.05) is 26.2 Å². The molecule has 1 saturated heterocycles. The van der Waals surface area contributed by atoms with Gasteiger partial charge < -0.3 is 14.7 Å². The van der Waals surface area contributed by atoms with E-state index in [0.29, 0.717) is 25.1 Å². The van der Waals surface area contributed by atoms with Crippen LogP contribution in [0.5, 0.6) is 5.75 Å². The van der Waals surface area contributed by atoms with Crippen LogP contribution in [0, 0.1) is 11.7 Å². The van der Waals surface area contributed by atoms with Crippen LogP contribution in [0.25, 0.3) is 10.4 Å². The number of carbonyl (C=O) groups is 1. The van der Waals surface area contributed by atoms with Crippen LogP contribution in [0.4, 0.5) is 9.18 Å². The lowest BCUT2D eigenvalue weighted by molar-refractivity contribution is 0.120. The van der Waals surface area contributed by atoms with E-state index in [4.69, 9.17) is 27.0 Å². The maximum absolute atomic E-state index is 14.4. The third-order valence-corrected chi connectivity index (χ3v) is 4.29. The zero-order valence-corrected chi connectivity index (χ0v) is 13.7. The van der Waals surface area contributed by atoms with Gasteiger partial charge in [0.2, 0.25) is 0 Å². The van der Waals surface area contributed by atoms with E-state index in [0.717, 1.165) is 12.8 Å². The first kappa shape index (κ1) is 18.2. The highest BCUT2D eigenvalue weighted by atomic mass is 35.5. The minimum atomic E-state index is -0.943. The molecule has 0 aliphatic carbocycles. The number of halogens is 2. The zero-order valence-electron chi connectivity index (χ0n) is 13.0. The van der Waals surface area contributed by atoms with Gasteiger partial charge in [-0.05, 0) is 42.3 Å². The summed E-state index contributed by atoms with van der Waals surface area (Å²) in [5.41, 5.74) is 8.63. The lowest BCUT2D eigenvalue weighted by Crippen LogP contribution is -2.39. The third-order valence-electron chi connectivity index (χ3n) is 3.94. The number of azide groups is 1. The molecule has 1 atom stereocenters. The Kier molecular flexibility index (Phi) is 6.52. The molecule has 2 rings (SSSR count). The van der Waals surface area contributed by atoms with Gasteiger partial charge in [-0.15, -0.1) is 0 Å². The smallest absolute Gasteiger partial charge is 0.407 e. The van der Waals surface area contributed by atoms with Crippen LogP contribution in [-0.4, -0.2) is 42.3 Å². The van der Waals surface area contributed by atoms with E-state index < -0.39 is 11.9 Å². The van der Waals surface area contributed by atoms with Crippen LogP contribution < -0.4 is 4.74 Å². The molecule has 0 bridgehead atoms. The molecule has 0 aromatic heterocycles. The number of benzene rings is 1. The minimum Gasteiger partial charge on any atom is -0.492 e. The van der Waals surface area contributed by atoms with Crippen molar-refractivity contribution in [2.24, 2.45) is 11.0 Å². The molecule has 9 heteroatoms. The van der Waals surface area contributed by atoms with Gasteiger partial charge in [0.15, 0.2) is 0 Å². The quantitative estimate of drug-likeness (QED) is 0.359. The number of ether oxygens (including phenoxy) is 1. The average molecular weight is 357 g/mol. The summed E-state index contributed by atoms with van der Waals surface area (Å²) in [6.45, 7) is 1.16. The van der Waals surface area contributed by atoms with Crippen molar-refractivity contribution in [2.45, 2.75) is 19.3 Å². The van der Waals surface area contributed by atoms with Crippen molar-refractivity contribution in [3.05, 3.63) is 39.0 Å². The molecule has 1 aromatic carbocycles. The van der Waals surface area contributed by atoms with E-state index in [-0.39, 0.29) is 29.8 Å². The van der Waals surface area contributed by atoms with Crippen molar-refractivity contribution in [3.63, 3.8) is 0 Å². The Labute approximate surface area is 143 Å². The summed E-state index contributed by atoms with van der Waals surface area (Å²) in [6, 6.07) is 3.18. The number of rotatable bonds is 6. The summed E-state index contributed by atoms with van der Waals surface area (Å²) in [7, 11) is 0. The SMILES string of the molecule is [N-]=[N+]=NCCOc1ccc(CC2CCCN(C(=O)O)C2)c(F)c1Cl. The fraction of sp³-hybridized carbons (Fsp3) is 0.533. The monoisotopic (exact) mass is 356 g/mol. The number of piperidine rings is 1. The van der Waals surface area contributed by atoms with E-state index >= 15 is 0 Å². The van der Waals surface area contributed by atoms with Gasteiger partial charge in [0.25, 0.3) is 0 Å². The van der Waals surface area contributed by atoms with E-state index in [1.165, 1.54) is 4.90 Å². The first-order chi connectivity index (χ1) is 11.5. The summed E-state index contributed by atoms with van der Waals surface area (Å²) in [6.07, 6.45) is 1.11. The first-order valence-electron chi connectivity index (χ1n) is 7.61. The van der Waals surface area contributed by atoms with Crippen molar-refractivity contribution in [1.82, 2.24) is 4.90 Å². The second-order valence-corrected chi connectivity index (χ2v) is 5.97. The first-order valence-corrected chi connectivity index (χ1v) is 7.99. The Balaban J connectivity index is 2.02. The number of amides is 1. The fourth-order valence-electron chi connectivity index (χ4n) is 2.80. The maximum atomic E-state index is 14.4. The van der Waals surface area contributed by atoms with Gasteiger partial charge in [0, 0.05) is 18.0 Å². The Morgan fingerprint density at radius 3 is 3.08 bits per heavy atom. The third kappa shape index (κ3) is 4.66. The van der Waals surface area contributed by atoms with Crippen molar-refractivity contribution in [1.29, 1.82) is 0 Å². The van der Waals surface area contributed by atoms with Crippen LogP contribution in [-0.2, 0) is 6.42 Å². The molecule has 1 N–H and O–H groups in total. The Morgan fingerprint density at radius 2 is 2.38 bits per heavy atom. The van der Waals surface area contributed by atoms with Gasteiger partial charge in [-0.3, -0.25) is 0 Å². The fourth-order valence-corrected chi connectivity index (χ4v) is 3.04. The van der Waals surface area contributed by atoms with E-state index in [1.54, 1.807) is 12.1 Å². The molecule has 0 saturated carbocycles. The zero-order chi connectivity index (χ0) is 17.5. The summed E-state index contributed by atoms with van der Waals surface area (Å²) in [5.74, 6) is -0.288. The lowest BCUT2D eigenvalue weighted by Gasteiger charge is -2.30. The molecule has 1 unspecified atom stereocenters. The number of carboxylic acid groups (broad SMARTS) is 1. The molecule has 1 heterocycles. The largest absolute Gasteiger partial charge is 0.492 e. The molecule has 1 amide bonds. The molecule has 0 spiro atoms. The normalized spacial score (nSPS) is 17.2. The van der Waals surface area contributed by atoms with Gasteiger partial charge in [-0.1, -0.05) is 22.8 Å².